The van der Waals surface area contributed by atoms with E-state index in [1.54, 1.807) is 0 Å². The van der Waals surface area contributed by atoms with E-state index in [9.17, 15) is 0 Å². The van der Waals surface area contributed by atoms with Gasteiger partial charge in [0.2, 0.25) is 0 Å². The summed E-state index contributed by atoms with van der Waals surface area (Å²) >= 11 is 0. The predicted octanol–water partition coefficient (Wildman–Crippen LogP) is 5.14. The third kappa shape index (κ3) is 3.67. The molecule has 0 spiro atoms. The number of hydrogen-bond donors (Lipinski definition) is 0. The molecule has 0 saturated carbocycles. The summed E-state index contributed by atoms with van der Waals surface area (Å²) in [5, 5.41) is 1.16. The van der Waals surface area contributed by atoms with Gasteiger partial charge in [0.1, 0.15) is 11.3 Å². The average Bonchev–Trinajstić information content (AvgIpc) is 3.04. The number of hydrogen-bond acceptors (Lipinski definition) is 2. The topological polar surface area (TPSA) is 28.7 Å². The smallest absolute Gasteiger partial charge is 0.134 e. The first-order chi connectivity index (χ1) is 11.7. The van der Waals surface area contributed by atoms with E-state index in [2.05, 4.69) is 54.1 Å². The molecule has 3 nitrogen and oxygen atoms in total. The number of aryl methyl sites for hydroxylation is 3. The van der Waals surface area contributed by atoms with Gasteiger partial charge in [0.15, 0.2) is 0 Å². The van der Waals surface area contributed by atoms with Crippen LogP contribution in [0.25, 0.3) is 11.0 Å². The fourth-order valence-corrected chi connectivity index (χ4v) is 2.71. The molecule has 0 amide bonds. The quantitative estimate of drug-likeness (QED) is 0.465. The van der Waals surface area contributed by atoms with E-state index in [1.807, 2.05) is 31.6 Å². The molecular formula is C21H24N2O. The summed E-state index contributed by atoms with van der Waals surface area (Å²) in [6, 6.07) is 16.7. The molecule has 0 fully saturated rings. The summed E-state index contributed by atoms with van der Waals surface area (Å²) in [7, 11) is 2.02. The van der Waals surface area contributed by atoms with Crippen molar-refractivity contribution in [3.05, 3.63) is 65.4 Å². The molecule has 2 aromatic carbocycles. The lowest BCUT2D eigenvalue weighted by atomic mass is 10.1. The second-order valence-electron chi connectivity index (χ2n) is 6.14. The summed E-state index contributed by atoms with van der Waals surface area (Å²) in [5.74, 6) is 1.03. The molecule has 0 atom stereocenters. The van der Waals surface area contributed by atoms with Crippen LogP contribution in [-0.2, 0) is 12.8 Å². The fraction of sp³-hybridized carbons (Fsp3) is 0.286. The van der Waals surface area contributed by atoms with Gasteiger partial charge in [-0.2, -0.15) is 0 Å². The number of aliphatic imine (C=N–C) groups is 1. The molecule has 24 heavy (non-hydrogen) atoms. The van der Waals surface area contributed by atoms with Crippen molar-refractivity contribution in [1.82, 2.24) is 4.90 Å². The van der Waals surface area contributed by atoms with Crippen LogP contribution < -0.4 is 0 Å². The van der Waals surface area contributed by atoms with Gasteiger partial charge in [-0.1, -0.05) is 30.3 Å². The van der Waals surface area contributed by atoms with E-state index < -0.39 is 0 Å². The van der Waals surface area contributed by atoms with E-state index in [1.165, 1.54) is 11.1 Å². The largest absolute Gasteiger partial charge is 0.461 e. The van der Waals surface area contributed by atoms with Crippen molar-refractivity contribution in [3.8, 4) is 0 Å². The lowest BCUT2D eigenvalue weighted by Gasteiger charge is -2.08. The summed E-state index contributed by atoms with van der Waals surface area (Å²) < 4.78 is 6.01. The second kappa shape index (κ2) is 7.35. The zero-order valence-electron chi connectivity index (χ0n) is 14.6. The van der Waals surface area contributed by atoms with Crippen LogP contribution in [0.3, 0.4) is 0 Å². The van der Waals surface area contributed by atoms with Crippen molar-refractivity contribution >= 4 is 23.0 Å². The normalized spacial score (nSPS) is 11.5. The van der Waals surface area contributed by atoms with Gasteiger partial charge in [0, 0.05) is 25.4 Å². The van der Waals surface area contributed by atoms with Crippen molar-refractivity contribution in [1.29, 1.82) is 0 Å². The van der Waals surface area contributed by atoms with E-state index in [0.717, 1.165) is 41.8 Å². The summed E-state index contributed by atoms with van der Waals surface area (Å²) in [6.45, 7) is 5.16. The fourth-order valence-electron chi connectivity index (χ4n) is 2.71. The molecule has 1 aromatic heterocycles. The van der Waals surface area contributed by atoms with Crippen molar-refractivity contribution in [2.24, 2.45) is 4.99 Å². The molecule has 0 unspecified atom stereocenters. The van der Waals surface area contributed by atoms with Gasteiger partial charge < -0.3 is 9.32 Å². The molecule has 124 valence electrons. The van der Waals surface area contributed by atoms with E-state index in [4.69, 9.17) is 4.42 Å². The van der Waals surface area contributed by atoms with Gasteiger partial charge in [-0.25, -0.2) is 4.99 Å². The highest BCUT2D eigenvalue weighted by molar-refractivity contribution is 5.86. The minimum atomic E-state index is 0.912. The Kier molecular flexibility index (Phi) is 4.99. The summed E-state index contributed by atoms with van der Waals surface area (Å²) in [4.78, 5) is 6.65. The van der Waals surface area contributed by atoms with Crippen LogP contribution in [0.1, 0.15) is 23.8 Å². The molecule has 0 aliphatic carbocycles. The van der Waals surface area contributed by atoms with Gasteiger partial charge in [-0.3, -0.25) is 0 Å². The maximum absolute atomic E-state index is 6.01. The first kappa shape index (κ1) is 16.3. The van der Waals surface area contributed by atoms with Gasteiger partial charge in [-0.05, 0) is 49.6 Å². The zero-order valence-corrected chi connectivity index (χ0v) is 14.6. The maximum Gasteiger partial charge on any atom is 0.134 e. The Bertz CT molecular complexity index is 834. The number of nitrogens with zero attached hydrogens (tertiary/aromatic N) is 2. The van der Waals surface area contributed by atoms with Crippen LogP contribution in [0.5, 0.6) is 0 Å². The van der Waals surface area contributed by atoms with Crippen molar-refractivity contribution in [2.75, 3.05) is 13.6 Å². The Labute approximate surface area is 143 Å². The minimum Gasteiger partial charge on any atom is -0.461 e. The molecule has 0 aliphatic heterocycles. The SMILES string of the molecule is CCN(C)C=Nc1ccc2oc(CCc3ccccc3)cc2c1C. The molecular weight excluding hydrogens is 296 g/mol. The molecule has 3 rings (SSSR count). The average molecular weight is 320 g/mol. The number of rotatable bonds is 6. The molecule has 0 saturated heterocycles. The van der Waals surface area contributed by atoms with Gasteiger partial charge in [0.05, 0.1) is 12.0 Å². The molecule has 0 bridgehead atoms. The third-order valence-electron chi connectivity index (χ3n) is 4.39. The number of fused-ring (bicyclic) bond motifs is 1. The highest BCUT2D eigenvalue weighted by Crippen LogP contribution is 2.30. The molecule has 0 aliphatic rings. The van der Waals surface area contributed by atoms with Gasteiger partial charge in [-0.15, -0.1) is 0 Å². The van der Waals surface area contributed by atoms with Gasteiger partial charge >= 0.3 is 0 Å². The lowest BCUT2D eigenvalue weighted by molar-refractivity contribution is 0.547. The monoisotopic (exact) mass is 320 g/mol. The molecule has 1 heterocycles. The highest BCUT2D eigenvalue weighted by Gasteiger charge is 2.09. The number of benzene rings is 2. The Balaban J connectivity index is 1.80. The summed E-state index contributed by atoms with van der Waals surface area (Å²) in [5.41, 5.74) is 4.45. The Hall–Kier alpha value is -2.55. The van der Waals surface area contributed by atoms with Crippen LogP contribution in [0, 0.1) is 6.92 Å². The predicted molar refractivity (Wildman–Crippen MR) is 101 cm³/mol. The summed E-state index contributed by atoms with van der Waals surface area (Å²) in [6.07, 6.45) is 3.78. The Morgan fingerprint density at radius 2 is 1.88 bits per heavy atom. The second-order valence-corrected chi connectivity index (χ2v) is 6.14. The first-order valence-corrected chi connectivity index (χ1v) is 8.47. The third-order valence-corrected chi connectivity index (χ3v) is 4.39. The van der Waals surface area contributed by atoms with E-state index in [0.29, 0.717) is 0 Å². The van der Waals surface area contributed by atoms with E-state index >= 15 is 0 Å². The zero-order chi connectivity index (χ0) is 16.9. The van der Waals surface area contributed by atoms with Crippen LogP contribution in [0.4, 0.5) is 5.69 Å². The van der Waals surface area contributed by atoms with E-state index in [-0.39, 0.29) is 0 Å². The van der Waals surface area contributed by atoms with Crippen LogP contribution >= 0.6 is 0 Å². The lowest BCUT2D eigenvalue weighted by Crippen LogP contribution is -2.14. The molecule has 0 radical (unpaired) electrons. The maximum atomic E-state index is 6.01. The van der Waals surface area contributed by atoms with Crippen molar-refractivity contribution < 1.29 is 4.42 Å². The Morgan fingerprint density at radius 1 is 1.08 bits per heavy atom. The Morgan fingerprint density at radius 3 is 2.62 bits per heavy atom. The number of furan rings is 1. The highest BCUT2D eigenvalue weighted by atomic mass is 16.3. The molecule has 3 aromatic rings. The molecule has 0 N–H and O–H groups in total. The standard InChI is InChI=1S/C21H24N2O/c1-4-23(3)15-22-20-12-13-21-19(16(20)2)14-18(24-21)11-10-17-8-6-5-7-9-17/h5-9,12-15H,4,10-11H2,1-3H3. The van der Waals surface area contributed by atoms with Crippen LogP contribution in [0.15, 0.2) is 57.9 Å². The van der Waals surface area contributed by atoms with Crippen molar-refractivity contribution in [3.63, 3.8) is 0 Å². The van der Waals surface area contributed by atoms with Gasteiger partial charge in [0.25, 0.3) is 0 Å². The van der Waals surface area contributed by atoms with Crippen LogP contribution in [-0.4, -0.2) is 24.8 Å². The first-order valence-electron chi connectivity index (χ1n) is 8.47. The van der Waals surface area contributed by atoms with Crippen LogP contribution in [0.2, 0.25) is 0 Å². The minimum absolute atomic E-state index is 0.912. The molecule has 3 heteroatoms. The van der Waals surface area contributed by atoms with Crippen molar-refractivity contribution in [2.45, 2.75) is 26.7 Å².